The normalized spacial score (nSPS) is 12.4. The number of hydrogen-bond acceptors (Lipinski definition) is 1. The van der Waals surface area contributed by atoms with Crippen molar-refractivity contribution in [2.75, 3.05) is 6.54 Å². The van der Waals surface area contributed by atoms with Gasteiger partial charge >= 0.3 is 0 Å². The smallest absolute Gasteiger partial charge is 0.126 e. The van der Waals surface area contributed by atoms with Crippen LogP contribution in [0.2, 0.25) is 0 Å². The molecule has 4 heteroatoms. The van der Waals surface area contributed by atoms with Gasteiger partial charge in [0.1, 0.15) is 11.6 Å². The fraction of sp³-hybridized carbons (Fsp3) is 0.250. The number of rotatable bonds is 5. The number of benzene rings is 2. The lowest BCUT2D eigenvalue weighted by Gasteiger charge is -2.15. The van der Waals surface area contributed by atoms with E-state index in [1.165, 1.54) is 6.07 Å². The molecule has 0 amide bonds. The maximum absolute atomic E-state index is 13.6. The molecule has 0 heterocycles. The van der Waals surface area contributed by atoms with E-state index in [1.807, 2.05) is 24.3 Å². The van der Waals surface area contributed by atoms with E-state index in [1.54, 1.807) is 0 Å². The van der Waals surface area contributed by atoms with Gasteiger partial charge in [0.05, 0.1) is 0 Å². The van der Waals surface area contributed by atoms with Gasteiger partial charge in [-0.05, 0) is 66.8 Å². The van der Waals surface area contributed by atoms with Crippen LogP contribution in [0.1, 0.15) is 11.1 Å². The second-order valence-corrected chi connectivity index (χ2v) is 5.79. The highest BCUT2D eigenvalue weighted by Crippen LogP contribution is 2.19. The van der Waals surface area contributed by atoms with E-state index < -0.39 is 5.82 Å². The molecule has 0 spiro atoms. The minimum atomic E-state index is -0.416. The first kappa shape index (κ1) is 15.1. The summed E-state index contributed by atoms with van der Waals surface area (Å²) in [5, 5.41) is 0. The molecule has 0 fully saturated rings. The number of nitrogens with two attached hydrogens (primary N) is 1. The molecule has 1 unspecified atom stereocenters. The van der Waals surface area contributed by atoms with Crippen molar-refractivity contribution >= 4 is 15.9 Å². The summed E-state index contributed by atoms with van der Waals surface area (Å²) in [7, 11) is 0. The fourth-order valence-corrected chi connectivity index (χ4v) is 2.47. The van der Waals surface area contributed by atoms with Gasteiger partial charge in [-0.3, -0.25) is 0 Å². The molecule has 2 rings (SSSR count). The molecule has 0 bridgehead atoms. The molecule has 2 aromatic rings. The SMILES string of the molecule is NCC(Cc1ccc(Br)cc1)Cc1cc(F)ccc1F. The highest BCUT2D eigenvalue weighted by atomic mass is 79.9. The summed E-state index contributed by atoms with van der Waals surface area (Å²) in [4.78, 5) is 0. The Morgan fingerprint density at radius 3 is 2.35 bits per heavy atom. The van der Waals surface area contributed by atoms with Crippen LogP contribution in [0.4, 0.5) is 8.78 Å². The Morgan fingerprint density at radius 1 is 1.00 bits per heavy atom. The Morgan fingerprint density at radius 2 is 1.70 bits per heavy atom. The van der Waals surface area contributed by atoms with Crippen molar-refractivity contribution in [2.24, 2.45) is 11.7 Å². The summed E-state index contributed by atoms with van der Waals surface area (Å²) in [6.45, 7) is 0.437. The van der Waals surface area contributed by atoms with Gasteiger partial charge in [-0.15, -0.1) is 0 Å². The number of hydrogen-bond donors (Lipinski definition) is 1. The van der Waals surface area contributed by atoms with Crippen molar-refractivity contribution in [3.05, 3.63) is 69.7 Å². The molecule has 0 aliphatic rings. The minimum Gasteiger partial charge on any atom is -0.330 e. The van der Waals surface area contributed by atoms with Crippen LogP contribution in [0.25, 0.3) is 0 Å². The second kappa shape index (κ2) is 6.95. The summed E-state index contributed by atoms with van der Waals surface area (Å²) >= 11 is 3.38. The molecule has 20 heavy (non-hydrogen) atoms. The summed E-state index contributed by atoms with van der Waals surface area (Å²) in [6, 6.07) is 11.5. The lowest BCUT2D eigenvalue weighted by Crippen LogP contribution is -2.20. The third-order valence-corrected chi connectivity index (χ3v) is 3.82. The van der Waals surface area contributed by atoms with Crippen molar-refractivity contribution < 1.29 is 8.78 Å². The zero-order valence-corrected chi connectivity index (χ0v) is 12.5. The van der Waals surface area contributed by atoms with Gasteiger partial charge in [0, 0.05) is 4.47 Å². The Kier molecular flexibility index (Phi) is 5.26. The summed E-state index contributed by atoms with van der Waals surface area (Å²) in [6.07, 6.45) is 1.19. The van der Waals surface area contributed by atoms with Crippen molar-refractivity contribution in [2.45, 2.75) is 12.8 Å². The van der Waals surface area contributed by atoms with Gasteiger partial charge in [0.25, 0.3) is 0 Å². The third-order valence-electron chi connectivity index (χ3n) is 3.29. The van der Waals surface area contributed by atoms with Crippen LogP contribution in [0, 0.1) is 17.6 Å². The van der Waals surface area contributed by atoms with Crippen molar-refractivity contribution in [1.82, 2.24) is 0 Å². The first-order valence-electron chi connectivity index (χ1n) is 6.47. The quantitative estimate of drug-likeness (QED) is 0.872. The number of halogens is 3. The molecule has 1 nitrogen and oxygen atoms in total. The average Bonchev–Trinajstić information content (AvgIpc) is 2.44. The van der Waals surface area contributed by atoms with Crippen LogP contribution in [0.15, 0.2) is 46.9 Å². The monoisotopic (exact) mass is 339 g/mol. The first-order chi connectivity index (χ1) is 9.58. The summed E-state index contributed by atoms with van der Waals surface area (Å²) in [5.41, 5.74) is 7.29. The van der Waals surface area contributed by atoms with Crippen LogP contribution in [-0.4, -0.2) is 6.54 Å². The zero-order chi connectivity index (χ0) is 14.5. The van der Waals surface area contributed by atoms with Gasteiger partial charge in [-0.1, -0.05) is 28.1 Å². The molecule has 2 N–H and O–H groups in total. The van der Waals surface area contributed by atoms with Gasteiger partial charge < -0.3 is 5.73 Å². The lowest BCUT2D eigenvalue weighted by molar-refractivity contribution is 0.506. The van der Waals surface area contributed by atoms with E-state index >= 15 is 0 Å². The maximum atomic E-state index is 13.6. The van der Waals surface area contributed by atoms with E-state index in [0.29, 0.717) is 18.5 Å². The minimum absolute atomic E-state index is 0.0903. The predicted molar refractivity (Wildman–Crippen MR) is 80.5 cm³/mol. The van der Waals surface area contributed by atoms with Crippen molar-refractivity contribution in [3.63, 3.8) is 0 Å². The van der Waals surface area contributed by atoms with Crippen molar-refractivity contribution in [1.29, 1.82) is 0 Å². The molecular weight excluding hydrogens is 324 g/mol. The largest absolute Gasteiger partial charge is 0.330 e. The highest BCUT2D eigenvalue weighted by molar-refractivity contribution is 9.10. The van der Waals surface area contributed by atoms with E-state index in [4.69, 9.17) is 5.73 Å². The highest BCUT2D eigenvalue weighted by Gasteiger charge is 2.13. The Labute approximate surface area is 125 Å². The predicted octanol–water partition coefficient (Wildman–Crippen LogP) is 4.09. The van der Waals surface area contributed by atoms with Crippen LogP contribution < -0.4 is 5.73 Å². The van der Waals surface area contributed by atoms with Gasteiger partial charge in [0.15, 0.2) is 0 Å². The van der Waals surface area contributed by atoms with Crippen LogP contribution >= 0.6 is 15.9 Å². The van der Waals surface area contributed by atoms with Crippen LogP contribution in [-0.2, 0) is 12.8 Å². The Balaban J connectivity index is 2.08. The summed E-state index contributed by atoms with van der Waals surface area (Å²) in [5.74, 6) is -0.700. The molecule has 0 radical (unpaired) electrons. The Hall–Kier alpha value is -1.26. The molecule has 0 saturated carbocycles. The Bertz CT molecular complexity index is 569. The first-order valence-corrected chi connectivity index (χ1v) is 7.26. The van der Waals surface area contributed by atoms with E-state index in [2.05, 4.69) is 15.9 Å². The standard InChI is InChI=1S/C16H16BrF2N/c17-14-3-1-11(2-4-14)7-12(10-20)8-13-9-15(18)5-6-16(13)19/h1-6,9,12H,7-8,10,20H2. The second-order valence-electron chi connectivity index (χ2n) is 4.87. The third kappa shape index (κ3) is 4.12. The molecule has 1 atom stereocenters. The molecule has 2 aromatic carbocycles. The molecule has 0 aromatic heterocycles. The van der Waals surface area contributed by atoms with Crippen LogP contribution in [0.5, 0.6) is 0 Å². The van der Waals surface area contributed by atoms with Gasteiger partial charge in [-0.2, -0.15) is 0 Å². The van der Waals surface area contributed by atoms with E-state index in [0.717, 1.165) is 28.6 Å². The molecule has 0 aliphatic heterocycles. The lowest BCUT2D eigenvalue weighted by atomic mass is 9.92. The van der Waals surface area contributed by atoms with Crippen molar-refractivity contribution in [3.8, 4) is 0 Å². The maximum Gasteiger partial charge on any atom is 0.126 e. The molecule has 106 valence electrons. The topological polar surface area (TPSA) is 26.0 Å². The summed E-state index contributed by atoms with van der Waals surface area (Å²) < 4.78 is 27.8. The average molecular weight is 340 g/mol. The molecular formula is C16H16BrF2N. The molecule has 0 saturated heterocycles. The van der Waals surface area contributed by atoms with E-state index in [-0.39, 0.29) is 11.7 Å². The van der Waals surface area contributed by atoms with Gasteiger partial charge in [-0.25, -0.2) is 8.78 Å². The van der Waals surface area contributed by atoms with E-state index in [9.17, 15) is 8.78 Å². The molecule has 0 aliphatic carbocycles. The van der Waals surface area contributed by atoms with Crippen LogP contribution in [0.3, 0.4) is 0 Å². The fourth-order valence-electron chi connectivity index (χ4n) is 2.20. The van der Waals surface area contributed by atoms with Gasteiger partial charge in [0.2, 0.25) is 0 Å². The zero-order valence-electron chi connectivity index (χ0n) is 11.0.